The van der Waals surface area contributed by atoms with Crippen molar-refractivity contribution in [2.45, 2.75) is 198 Å². The second kappa shape index (κ2) is 37.6. The summed E-state index contributed by atoms with van der Waals surface area (Å²) >= 11 is 0. The van der Waals surface area contributed by atoms with Gasteiger partial charge in [0.2, 0.25) is 0 Å². The van der Waals surface area contributed by atoms with E-state index >= 15 is 0 Å². The van der Waals surface area contributed by atoms with Crippen LogP contribution in [0.4, 0.5) is 0 Å². The van der Waals surface area contributed by atoms with Gasteiger partial charge in [-0.15, -0.1) is 0 Å². The average Bonchev–Trinajstić information content (AvgIpc) is 3.22. The Morgan fingerprint density at radius 1 is 0.574 bits per heavy atom. The molecular formula is C48H80O12S. The van der Waals surface area contributed by atoms with Crippen molar-refractivity contribution in [3.05, 3.63) is 72.9 Å². The smallest absolute Gasteiger partial charge is 0.306 e. The van der Waals surface area contributed by atoms with Gasteiger partial charge < -0.3 is 34.3 Å². The fraction of sp³-hybridized carbons (Fsp3) is 0.708. The molecule has 350 valence electrons. The lowest BCUT2D eigenvalue weighted by Crippen LogP contribution is -2.60. The van der Waals surface area contributed by atoms with Crippen molar-refractivity contribution in [3.63, 3.8) is 0 Å². The molecule has 0 aromatic carbocycles. The van der Waals surface area contributed by atoms with Crippen LogP contribution in [0.5, 0.6) is 0 Å². The molecule has 4 N–H and O–H groups in total. The van der Waals surface area contributed by atoms with Gasteiger partial charge in [0.15, 0.2) is 12.4 Å². The lowest BCUT2D eigenvalue weighted by Gasteiger charge is -2.40. The zero-order valence-corrected chi connectivity index (χ0v) is 38.1. The van der Waals surface area contributed by atoms with Crippen LogP contribution in [0.2, 0.25) is 0 Å². The molecule has 6 atom stereocenters. The van der Waals surface area contributed by atoms with Gasteiger partial charge in [0.05, 0.1) is 6.61 Å². The quantitative estimate of drug-likeness (QED) is 0.0153. The monoisotopic (exact) mass is 881 g/mol. The molecule has 1 heterocycles. The van der Waals surface area contributed by atoms with Crippen molar-refractivity contribution in [2.24, 2.45) is 0 Å². The van der Waals surface area contributed by atoms with Crippen LogP contribution in [0.25, 0.3) is 0 Å². The molecule has 0 saturated carbocycles. The average molecular weight is 881 g/mol. The number of carbonyl (C=O) groups is 2. The van der Waals surface area contributed by atoms with Crippen LogP contribution >= 0.6 is 0 Å². The van der Waals surface area contributed by atoms with Crippen LogP contribution in [-0.4, -0.2) is 96.0 Å². The number of ether oxygens (including phenoxy) is 4. The van der Waals surface area contributed by atoms with Crippen LogP contribution in [0.1, 0.15) is 162 Å². The highest BCUT2D eigenvalue weighted by molar-refractivity contribution is 7.85. The second-order valence-electron chi connectivity index (χ2n) is 15.8. The molecule has 1 saturated heterocycles. The molecule has 0 aliphatic carbocycles. The van der Waals surface area contributed by atoms with E-state index in [4.69, 9.17) is 18.9 Å². The molecule has 13 heteroatoms. The third-order valence-corrected chi connectivity index (χ3v) is 10.9. The maximum atomic E-state index is 12.8. The first-order valence-electron chi connectivity index (χ1n) is 23.1. The molecule has 6 unspecified atom stereocenters. The largest absolute Gasteiger partial charge is 0.462 e. The van der Waals surface area contributed by atoms with E-state index in [0.717, 1.165) is 38.5 Å². The van der Waals surface area contributed by atoms with E-state index in [-0.39, 0.29) is 19.4 Å². The van der Waals surface area contributed by atoms with Crippen molar-refractivity contribution in [1.82, 2.24) is 0 Å². The number of carbonyl (C=O) groups excluding carboxylic acids is 2. The van der Waals surface area contributed by atoms with Gasteiger partial charge in [-0.25, -0.2) is 0 Å². The molecule has 61 heavy (non-hydrogen) atoms. The van der Waals surface area contributed by atoms with Crippen molar-refractivity contribution in [1.29, 1.82) is 0 Å². The number of aliphatic hydroxyl groups excluding tert-OH is 3. The van der Waals surface area contributed by atoms with Crippen LogP contribution in [-0.2, 0) is 38.7 Å². The van der Waals surface area contributed by atoms with E-state index in [1.807, 2.05) is 54.7 Å². The Morgan fingerprint density at radius 2 is 1.07 bits per heavy atom. The Balaban J connectivity index is 2.45. The molecule has 1 aliphatic rings. The molecular weight excluding hydrogens is 801 g/mol. The summed E-state index contributed by atoms with van der Waals surface area (Å²) in [5, 5.41) is 30.9. The third-order valence-electron chi connectivity index (χ3n) is 10.1. The summed E-state index contributed by atoms with van der Waals surface area (Å²) in [4.78, 5) is 25.4. The number of allylic oxidation sites excluding steroid dienone is 12. The van der Waals surface area contributed by atoms with Crippen molar-refractivity contribution in [2.75, 3.05) is 19.0 Å². The van der Waals surface area contributed by atoms with Crippen LogP contribution in [0, 0.1) is 0 Å². The maximum Gasteiger partial charge on any atom is 0.306 e. The second-order valence-corrected chi connectivity index (χ2v) is 17.3. The standard InChI is InChI=1S/C48H80O12S/c1-3-5-7-9-11-13-15-17-18-19-20-21-22-23-25-26-28-30-32-34-36-43(49)57-38-41(39-58-48-47(53)46(52)45(51)42(60-48)40-61(54,55)56)59-44(50)37-35-33-31-29-27-24-16-14-12-10-8-6-4-2/h6,8,10,12,14,16,20-21,24,27,29,31,41-42,45-48,51-53H,3-5,7,9,11,13,15,17-19,22-23,25-26,28,30,32-40H2,1-2H3,(H,54,55,56). The van der Waals surface area contributed by atoms with Gasteiger partial charge in [-0.2, -0.15) is 8.42 Å². The molecule has 0 aromatic rings. The highest BCUT2D eigenvalue weighted by atomic mass is 32.2. The summed E-state index contributed by atoms with van der Waals surface area (Å²) in [6.45, 7) is 3.54. The summed E-state index contributed by atoms with van der Waals surface area (Å²) < 4.78 is 53.9. The Bertz CT molecular complexity index is 1400. The zero-order valence-electron chi connectivity index (χ0n) is 37.2. The van der Waals surface area contributed by atoms with E-state index < -0.39 is 71.2 Å². The normalized spacial score (nSPS) is 20.7. The molecule has 0 bridgehead atoms. The Morgan fingerprint density at radius 3 is 1.62 bits per heavy atom. The molecule has 0 amide bonds. The number of esters is 2. The van der Waals surface area contributed by atoms with Gasteiger partial charge in [0.25, 0.3) is 10.1 Å². The summed E-state index contributed by atoms with van der Waals surface area (Å²) in [6, 6.07) is 0. The minimum atomic E-state index is -4.62. The summed E-state index contributed by atoms with van der Waals surface area (Å²) in [5.74, 6) is -2.09. The molecule has 12 nitrogen and oxygen atoms in total. The van der Waals surface area contributed by atoms with Gasteiger partial charge in [-0.05, 0) is 51.4 Å². The van der Waals surface area contributed by atoms with Gasteiger partial charge >= 0.3 is 11.9 Å². The number of unbranched alkanes of at least 4 members (excludes halogenated alkanes) is 17. The first-order valence-corrected chi connectivity index (χ1v) is 24.7. The highest BCUT2D eigenvalue weighted by Crippen LogP contribution is 2.24. The minimum absolute atomic E-state index is 0.0640. The predicted molar refractivity (Wildman–Crippen MR) is 242 cm³/mol. The Kier molecular flexibility index (Phi) is 34.6. The van der Waals surface area contributed by atoms with E-state index in [1.165, 1.54) is 77.0 Å². The molecule has 1 rings (SSSR count). The topological polar surface area (TPSA) is 186 Å². The molecule has 0 aromatic heterocycles. The molecule has 1 fully saturated rings. The SMILES string of the molecule is CCC=CC=CC=CC=CC=CCCCC(=O)OC(COC(=O)CCCCCCCCCC=CCCCCCCCCCCC)COC1OC(CS(=O)(=O)O)C(O)C(O)C1O. The number of rotatable bonds is 37. The maximum absolute atomic E-state index is 12.8. The Hall–Kier alpha value is -2.91. The van der Waals surface area contributed by atoms with Crippen LogP contribution in [0.3, 0.4) is 0 Å². The number of hydrogen-bond acceptors (Lipinski definition) is 11. The van der Waals surface area contributed by atoms with Gasteiger partial charge in [-0.1, -0.05) is 170 Å². The van der Waals surface area contributed by atoms with E-state index in [0.29, 0.717) is 19.3 Å². The molecule has 1 aliphatic heterocycles. The third kappa shape index (κ3) is 32.4. The lowest BCUT2D eigenvalue weighted by atomic mass is 10.00. The number of aliphatic hydroxyl groups is 3. The first-order chi connectivity index (χ1) is 29.5. The summed E-state index contributed by atoms with van der Waals surface area (Å²) in [6.07, 6.45) is 38.2. The molecule has 0 radical (unpaired) electrons. The van der Waals surface area contributed by atoms with Gasteiger partial charge in [0, 0.05) is 12.8 Å². The fourth-order valence-corrected chi connectivity index (χ4v) is 7.27. The van der Waals surface area contributed by atoms with E-state index in [1.54, 1.807) is 0 Å². The predicted octanol–water partition coefficient (Wildman–Crippen LogP) is 9.50. The van der Waals surface area contributed by atoms with Crippen molar-refractivity contribution in [3.8, 4) is 0 Å². The highest BCUT2D eigenvalue weighted by Gasteiger charge is 2.46. The van der Waals surface area contributed by atoms with E-state index in [2.05, 4.69) is 32.1 Å². The zero-order chi connectivity index (χ0) is 44.8. The van der Waals surface area contributed by atoms with Crippen LogP contribution < -0.4 is 0 Å². The lowest BCUT2D eigenvalue weighted by molar-refractivity contribution is -0.297. The van der Waals surface area contributed by atoms with Crippen LogP contribution in [0.15, 0.2) is 72.9 Å². The van der Waals surface area contributed by atoms with Crippen molar-refractivity contribution < 1.29 is 56.8 Å². The van der Waals surface area contributed by atoms with E-state index in [9.17, 15) is 37.9 Å². The Labute approximate surface area is 368 Å². The first kappa shape index (κ1) is 56.1. The summed E-state index contributed by atoms with van der Waals surface area (Å²) in [5.41, 5.74) is 0. The fourth-order valence-electron chi connectivity index (χ4n) is 6.58. The van der Waals surface area contributed by atoms with Crippen molar-refractivity contribution >= 4 is 22.1 Å². The number of hydrogen-bond donors (Lipinski definition) is 4. The molecule has 0 spiro atoms. The van der Waals surface area contributed by atoms with Gasteiger partial charge in [-0.3, -0.25) is 14.1 Å². The van der Waals surface area contributed by atoms with Gasteiger partial charge in [0.1, 0.15) is 36.8 Å². The minimum Gasteiger partial charge on any atom is -0.462 e. The summed E-state index contributed by atoms with van der Waals surface area (Å²) in [7, 11) is -4.62.